The van der Waals surface area contributed by atoms with Gasteiger partial charge in [0.1, 0.15) is 23.5 Å². The van der Waals surface area contributed by atoms with Gasteiger partial charge < -0.3 is 34.8 Å². The summed E-state index contributed by atoms with van der Waals surface area (Å²) in [5, 5.41) is 31.7. The standard InChI is InChI=1S/C49H62N8O12S/c1-27(2)31(25-43(58)68-5)47(62)53-21-9-12-38(53)45(60)50-33-17-15-29(23-40(33)56(64)65)36-19-20-37(55(36)49-52-35-11-7-8-14-42(35)70-49)30-16-18-34(41(24-30)57(66)67)51-46(61)39-13-10-22-54(39)48(63)32(28(3)4)26-44(59)69-6/h15-18,23-24,27-28,31-32,36-39H,7-14,19-22,25-26H2,1-6H3,(H,50,60)(H,51,61)/t31-,32-,36+,37+,38-,39-/m0/s1. The highest BCUT2D eigenvalue weighted by atomic mass is 32.1. The van der Waals surface area contributed by atoms with Crippen molar-refractivity contribution >= 4 is 74.8 Å². The Morgan fingerprint density at radius 1 is 0.686 bits per heavy atom. The molecule has 7 rings (SSSR count). The lowest BCUT2D eigenvalue weighted by molar-refractivity contribution is -0.384. The van der Waals surface area contributed by atoms with E-state index in [1.165, 1.54) is 59.6 Å². The number of esters is 2. The van der Waals surface area contributed by atoms with E-state index in [0.29, 0.717) is 67.9 Å². The molecule has 3 fully saturated rings. The average molecular weight is 987 g/mol. The summed E-state index contributed by atoms with van der Waals surface area (Å²) in [4.78, 5) is 115. The number of fused-ring (bicyclic) bond motifs is 1. The number of benzene rings is 2. The Kier molecular flexibility index (Phi) is 16.2. The Morgan fingerprint density at radius 3 is 1.53 bits per heavy atom. The molecule has 4 aliphatic rings. The normalized spacial score (nSPS) is 20.8. The fourth-order valence-electron chi connectivity index (χ4n) is 10.4. The lowest BCUT2D eigenvalue weighted by atomic mass is 9.90. The number of carbonyl (C=O) groups is 6. The Hall–Kier alpha value is -6.51. The van der Waals surface area contributed by atoms with Crippen molar-refractivity contribution in [2.24, 2.45) is 23.7 Å². The van der Waals surface area contributed by atoms with E-state index in [4.69, 9.17) is 14.5 Å². The Balaban J connectivity index is 1.15. The zero-order chi connectivity index (χ0) is 50.6. The summed E-state index contributed by atoms with van der Waals surface area (Å²) in [5.41, 5.74) is 1.34. The number of aryl methyl sites for hydroxylation is 2. The highest BCUT2D eigenvalue weighted by Gasteiger charge is 2.43. The monoisotopic (exact) mass is 986 g/mol. The lowest BCUT2D eigenvalue weighted by Crippen LogP contribution is -2.47. The van der Waals surface area contributed by atoms with Crippen LogP contribution in [0.1, 0.15) is 126 Å². The van der Waals surface area contributed by atoms with E-state index in [1.54, 1.807) is 12.1 Å². The van der Waals surface area contributed by atoms with E-state index >= 15 is 0 Å². The molecule has 0 radical (unpaired) electrons. The van der Waals surface area contributed by atoms with Gasteiger partial charge in [-0.05, 0) is 99.3 Å². The van der Waals surface area contributed by atoms with Crippen LogP contribution >= 0.6 is 11.3 Å². The molecule has 2 N–H and O–H groups in total. The average Bonchev–Trinajstić information content (AvgIpc) is 4.18. The van der Waals surface area contributed by atoms with Crippen molar-refractivity contribution in [3.63, 3.8) is 0 Å². The molecular weight excluding hydrogens is 925 g/mol. The van der Waals surface area contributed by atoms with Crippen LogP contribution < -0.4 is 15.5 Å². The molecule has 3 aliphatic heterocycles. The van der Waals surface area contributed by atoms with Crippen LogP contribution in [0.25, 0.3) is 0 Å². The summed E-state index contributed by atoms with van der Waals surface area (Å²) < 4.78 is 9.63. The number of nitro groups is 2. The molecule has 1 aromatic heterocycles. The van der Waals surface area contributed by atoms with Gasteiger partial charge in [0.05, 0.1) is 66.5 Å². The molecule has 0 saturated carbocycles. The van der Waals surface area contributed by atoms with E-state index in [-0.39, 0.29) is 59.2 Å². The summed E-state index contributed by atoms with van der Waals surface area (Å²) in [5.74, 6) is -4.80. The van der Waals surface area contributed by atoms with Crippen LogP contribution in [0.3, 0.4) is 0 Å². The van der Waals surface area contributed by atoms with Crippen LogP contribution in [-0.2, 0) is 51.1 Å². The van der Waals surface area contributed by atoms with E-state index < -0.39 is 69.6 Å². The molecule has 2 aromatic carbocycles. The van der Waals surface area contributed by atoms with Gasteiger partial charge in [-0.25, -0.2) is 4.98 Å². The number of thiazole rings is 1. The maximum Gasteiger partial charge on any atom is 0.306 e. The van der Waals surface area contributed by atoms with Crippen molar-refractivity contribution < 1.29 is 48.1 Å². The van der Waals surface area contributed by atoms with E-state index in [0.717, 1.165) is 36.3 Å². The van der Waals surface area contributed by atoms with E-state index in [1.807, 2.05) is 27.7 Å². The molecule has 70 heavy (non-hydrogen) atoms. The zero-order valence-electron chi connectivity index (χ0n) is 40.5. The van der Waals surface area contributed by atoms with E-state index in [2.05, 4.69) is 15.5 Å². The molecular formula is C49H62N8O12S. The number of amides is 4. The molecule has 376 valence electrons. The molecule has 21 heteroatoms. The van der Waals surface area contributed by atoms with Crippen molar-refractivity contribution in [1.82, 2.24) is 14.8 Å². The Labute approximate surface area is 410 Å². The number of nitro benzene ring substituents is 2. The van der Waals surface area contributed by atoms with Gasteiger partial charge in [0.25, 0.3) is 11.4 Å². The number of anilines is 3. The first-order valence-corrected chi connectivity index (χ1v) is 24.9. The van der Waals surface area contributed by atoms with Gasteiger partial charge in [-0.3, -0.25) is 49.0 Å². The maximum absolute atomic E-state index is 13.9. The number of ether oxygens (including phenoxy) is 2. The molecule has 6 atom stereocenters. The quantitative estimate of drug-likeness (QED) is 0.0757. The van der Waals surface area contributed by atoms with Crippen LogP contribution in [0.2, 0.25) is 0 Å². The summed E-state index contributed by atoms with van der Waals surface area (Å²) in [6.45, 7) is 7.86. The first-order valence-electron chi connectivity index (χ1n) is 24.1. The van der Waals surface area contributed by atoms with Crippen LogP contribution in [0.4, 0.5) is 27.9 Å². The lowest BCUT2D eigenvalue weighted by Gasteiger charge is -2.31. The van der Waals surface area contributed by atoms with Gasteiger partial charge >= 0.3 is 11.9 Å². The fourth-order valence-corrected chi connectivity index (χ4v) is 11.7. The van der Waals surface area contributed by atoms with Gasteiger partial charge in [0, 0.05) is 30.1 Å². The minimum Gasteiger partial charge on any atom is -0.469 e. The van der Waals surface area contributed by atoms with Gasteiger partial charge in [0.2, 0.25) is 23.6 Å². The maximum atomic E-state index is 13.9. The van der Waals surface area contributed by atoms with Crippen LogP contribution in [-0.4, -0.2) is 99.6 Å². The molecule has 4 amide bonds. The highest BCUT2D eigenvalue weighted by molar-refractivity contribution is 7.15. The molecule has 3 aromatic rings. The van der Waals surface area contributed by atoms with Gasteiger partial charge in [-0.1, -0.05) is 39.8 Å². The minimum absolute atomic E-state index is 0.0434. The molecule has 0 bridgehead atoms. The number of hydrogen-bond donors (Lipinski definition) is 2. The Morgan fingerprint density at radius 2 is 1.13 bits per heavy atom. The first kappa shape index (κ1) is 51.3. The van der Waals surface area contributed by atoms with Crippen LogP contribution in [0, 0.1) is 43.9 Å². The summed E-state index contributed by atoms with van der Waals surface area (Å²) in [6.07, 6.45) is 6.11. The first-order chi connectivity index (χ1) is 33.4. The molecule has 4 heterocycles. The molecule has 3 saturated heterocycles. The van der Waals surface area contributed by atoms with Crippen LogP contribution in [0.5, 0.6) is 0 Å². The van der Waals surface area contributed by atoms with Crippen molar-refractivity contribution in [2.45, 2.75) is 129 Å². The number of rotatable bonds is 17. The minimum atomic E-state index is -0.903. The number of methoxy groups -OCH3 is 2. The summed E-state index contributed by atoms with van der Waals surface area (Å²) >= 11 is 1.54. The van der Waals surface area contributed by atoms with Crippen LogP contribution in [0.15, 0.2) is 36.4 Å². The molecule has 20 nitrogen and oxygen atoms in total. The molecule has 0 spiro atoms. The number of nitrogens with one attached hydrogen (secondary N) is 2. The van der Waals surface area contributed by atoms with Crippen molar-refractivity contribution in [1.29, 1.82) is 0 Å². The number of nitrogens with zero attached hydrogens (tertiary/aromatic N) is 6. The SMILES string of the molecule is COC(=O)C[C@H](C(=O)N1CCC[C@H]1C(=O)Nc1ccc([C@H]2CC[C@H](c3ccc(NC(=O)[C@@H]4CCCN4C(=O)[C@@H](CC(=O)OC)C(C)C)c([N+](=O)[O-])c3)N2c2nc3c(s2)CCCC3)cc1[N+](=O)[O-])C(C)C. The third kappa shape index (κ3) is 10.9. The number of carbonyl (C=O) groups excluding carboxylic acids is 6. The Bertz CT molecular complexity index is 2360. The van der Waals surface area contributed by atoms with Crippen molar-refractivity contribution in [3.05, 3.63) is 78.3 Å². The fraction of sp³-hybridized carbons (Fsp3) is 0.571. The molecule has 1 aliphatic carbocycles. The second kappa shape index (κ2) is 22.1. The topological polar surface area (TPSA) is 254 Å². The van der Waals surface area contributed by atoms with E-state index in [9.17, 15) is 49.0 Å². The second-order valence-corrected chi connectivity index (χ2v) is 20.3. The largest absolute Gasteiger partial charge is 0.469 e. The predicted octanol–water partition coefficient (Wildman–Crippen LogP) is 7.45. The molecule has 0 unspecified atom stereocenters. The highest BCUT2D eigenvalue weighted by Crippen LogP contribution is 2.50. The number of hydrogen-bond acceptors (Lipinski definition) is 15. The van der Waals surface area contributed by atoms with Gasteiger partial charge in [-0.2, -0.15) is 0 Å². The second-order valence-electron chi connectivity index (χ2n) is 19.3. The summed E-state index contributed by atoms with van der Waals surface area (Å²) in [7, 11) is 2.50. The summed E-state index contributed by atoms with van der Waals surface area (Å²) in [6, 6.07) is 6.54. The van der Waals surface area contributed by atoms with Crippen molar-refractivity contribution in [3.8, 4) is 0 Å². The third-order valence-electron chi connectivity index (χ3n) is 14.3. The predicted molar refractivity (Wildman–Crippen MR) is 259 cm³/mol. The third-order valence-corrected chi connectivity index (χ3v) is 15.5. The van der Waals surface area contributed by atoms with Gasteiger partial charge in [0.15, 0.2) is 5.13 Å². The van der Waals surface area contributed by atoms with Crippen molar-refractivity contribution in [2.75, 3.05) is 42.8 Å². The smallest absolute Gasteiger partial charge is 0.306 e. The number of likely N-dealkylation sites (tertiary alicyclic amines) is 2. The number of aromatic nitrogens is 1. The van der Waals surface area contributed by atoms with Gasteiger partial charge in [-0.15, -0.1) is 11.3 Å². The zero-order valence-corrected chi connectivity index (χ0v) is 41.3.